The number of rotatable bonds is 3. The van der Waals surface area contributed by atoms with Crippen LogP contribution >= 0.6 is 0 Å². The Balaban J connectivity index is 1.34. The second-order valence-electron chi connectivity index (χ2n) is 10.6. The minimum absolute atomic E-state index is 0.214. The zero-order chi connectivity index (χ0) is 26.8. The number of hydrogen-bond acceptors (Lipinski definition) is 6. The standard InChI is InChI=1S/C34H23N5O/c1-34(2)23-15-16-28-30(22-9-3-4-12-27(22)40-28)29(23)21-14-13-20(19-24(21)34)31-37-32(25-10-5-7-17-35-25)39-33(38-31)26-11-6-8-18-36-26/h3-19H,1-2H3. The second-order valence-corrected chi connectivity index (χ2v) is 10.6. The smallest absolute Gasteiger partial charge is 0.182 e. The van der Waals surface area contributed by atoms with Crippen molar-refractivity contribution >= 4 is 21.9 Å². The van der Waals surface area contributed by atoms with Gasteiger partial charge in [0.1, 0.15) is 22.6 Å². The van der Waals surface area contributed by atoms with Gasteiger partial charge in [-0.2, -0.15) is 0 Å². The van der Waals surface area contributed by atoms with Gasteiger partial charge in [0.2, 0.25) is 0 Å². The summed E-state index contributed by atoms with van der Waals surface area (Å²) in [5, 5.41) is 2.31. The molecule has 0 radical (unpaired) electrons. The lowest BCUT2D eigenvalue weighted by atomic mass is 9.81. The maximum atomic E-state index is 6.23. The van der Waals surface area contributed by atoms with Crippen LogP contribution in [-0.4, -0.2) is 24.9 Å². The number of nitrogens with zero attached hydrogens (tertiary/aromatic N) is 5. The molecule has 4 aromatic heterocycles. The third kappa shape index (κ3) is 3.32. The van der Waals surface area contributed by atoms with Crippen LogP contribution in [0.15, 0.2) is 108 Å². The van der Waals surface area contributed by atoms with E-state index < -0.39 is 0 Å². The second kappa shape index (κ2) is 8.38. The van der Waals surface area contributed by atoms with Crippen LogP contribution in [0.25, 0.3) is 67.5 Å². The van der Waals surface area contributed by atoms with Crippen LogP contribution in [0.1, 0.15) is 25.0 Å². The first kappa shape index (κ1) is 22.7. The molecule has 0 aliphatic heterocycles. The lowest BCUT2D eigenvalue weighted by Gasteiger charge is -2.22. The van der Waals surface area contributed by atoms with Gasteiger partial charge in [0, 0.05) is 34.1 Å². The van der Waals surface area contributed by atoms with Crippen LogP contribution in [-0.2, 0) is 5.41 Å². The van der Waals surface area contributed by atoms with Crippen LogP contribution in [0, 0.1) is 0 Å². The van der Waals surface area contributed by atoms with Crippen LogP contribution in [0.4, 0.5) is 0 Å². The topological polar surface area (TPSA) is 77.6 Å². The van der Waals surface area contributed by atoms with Crippen molar-refractivity contribution in [2.24, 2.45) is 0 Å². The van der Waals surface area contributed by atoms with E-state index in [0.29, 0.717) is 28.9 Å². The Morgan fingerprint density at radius 1 is 0.600 bits per heavy atom. The molecule has 4 heterocycles. The predicted octanol–water partition coefficient (Wildman–Crippen LogP) is 7.87. The van der Waals surface area contributed by atoms with Crippen LogP contribution < -0.4 is 0 Å². The van der Waals surface area contributed by atoms with Crippen molar-refractivity contribution in [1.82, 2.24) is 24.9 Å². The van der Waals surface area contributed by atoms with Crippen molar-refractivity contribution < 1.29 is 4.42 Å². The first-order valence-corrected chi connectivity index (χ1v) is 13.3. The predicted molar refractivity (Wildman–Crippen MR) is 157 cm³/mol. The molecule has 0 saturated carbocycles. The third-order valence-corrected chi connectivity index (χ3v) is 7.86. The lowest BCUT2D eigenvalue weighted by Crippen LogP contribution is -2.15. The largest absolute Gasteiger partial charge is 0.456 e. The van der Waals surface area contributed by atoms with E-state index in [1.165, 1.54) is 27.6 Å². The number of fused-ring (bicyclic) bond motifs is 7. The molecule has 1 aliphatic rings. The molecule has 0 bridgehead atoms. The summed E-state index contributed by atoms with van der Waals surface area (Å²) in [5.74, 6) is 1.62. The van der Waals surface area contributed by atoms with Gasteiger partial charge in [0.05, 0.1) is 0 Å². The zero-order valence-corrected chi connectivity index (χ0v) is 22.0. The maximum absolute atomic E-state index is 6.23. The van der Waals surface area contributed by atoms with Crippen LogP contribution in [0.5, 0.6) is 0 Å². The molecule has 6 heteroatoms. The number of aromatic nitrogens is 5. The average molecular weight is 518 g/mol. The Morgan fingerprint density at radius 2 is 1.27 bits per heavy atom. The lowest BCUT2D eigenvalue weighted by molar-refractivity contribution is 0.656. The molecule has 8 rings (SSSR count). The first-order chi connectivity index (χ1) is 19.6. The molecule has 0 unspecified atom stereocenters. The monoisotopic (exact) mass is 517 g/mol. The van der Waals surface area contributed by atoms with Crippen molar-refractivity contribution in [2.75, 3.05) is 0 Å². The third-order valence-electron chi connectivity index (χ3n) is 7.86. The van der Waals surface area contributed by atoms with Crippen molar-refractivity contribution in [3.8, 4) is 45.6 Å². The van der Waals surface area contributed by atoms with Crippen molar-refractivity contribution in [3.05, 3.63) is 115 Å². The van der Waals surface area contributed by atoms with Gasteiger partial charge in [-0.1, -0.05) is 62.4 Å². The molecule has 0 fully saturated rings. The molecule has 0 spiro atoms. The Labute approximate surface area is 230 Å². The van der Waals surface area contributed by atoms with Gasteiger partial charge >= 0.3 is 0 Å². The van der Waals surface area contributed by atoms with E-state index in [1.54, 1.807) is 12.4 Å². The summed E-state index contributed by atoms with van der Waals surface area (Å²) in [6.45, 7) is 4.56. The number of benzene rings is 3. The van der Waals surface area contributed by atoms with E-state index in [2.05, 4.69) is 66.3 Å². The molecule has 1 aliphatic carbocycles. The molecule has 0 amide bonds. The molecule has 6 nitrogen and oxygen atoms in total. The van der Waals surface area contributed by atoms with Gasteiger partial charge in [0.15, 0.2) is 17.5 Å². The average Bonchev–Trinajstić information content (AvgIpc) is 3.50. The molecular formula is C34H23N5O. The molecule has 7 aromatic rings. The fourth-order valence-electron chi connectivity index (χ4n) is 5.90. The van der Waals surface area contributed by atoms with Crippen molar-refractivity contribution in [1.29, 1.82) is 0 Å². The minimum Gasteiger partial charge on any atom is -0.456 e. The van der Waals surface area contributed by atoms with E-state index in [-0.39, 0.29) is 5.41 Å². The quantitative estimate of drug-likeness (QED) is 0.237. The minimum atomic E-state index is -0.214. The zero-order valence-electron chi connectivity index (χ0n) is 22.0. The molecule has 0 saturated heterocycles. The number of furan rings is 1. The van der Waals surface area contributed by atoms with Crippen LogP contribution in [0.2, 0.25) is 0 Å². The summed E-state index contributed by atoms with van der Waals surface area (Å²) >= 11 is 0. The first-order valence-electron chi connectivity index (χ1n) is 13.3. The van der Waals surface area contributed by atoms with E-state index in [4.69, 9.17) is 19.4 Å². The number of pyridine rings is 2. The van der Waals surface area contributed by atoms with Gasteiger partial charge in [0.25, 0.3) is 0 Å². The van der Waals surface area contributed by atoms with E-state index >= 15 is 0 Å². The number of para-hydroxylation sites is 1. The summed E-state index contributed by atoms with van der Waals surface area (Å²) in [5.41, 5.74) is 8.87. The van der Waals surface area contributed by atoms with Gasteiger partial charge in [-0.15, -0.1) is 0 Å². The normalized spacial score (nSPS) is 13.4. The summed E-state index contributed by atoms with van der Waals surface area (Å²) in [4.78, 5) is 23.5. The van der Waals surface area contributed by atoms with Gasteiger partial charge in [-0.3, -0.25) is 9.97 Å². The Kier molecular flexibility index (Phi) is 4.76. The molecular weight excluding hydrogens is 494 g/mol. The van der Waals surface area contributed by atoms with Gasteiger partial charge in [-0.05, 0) is 64.7 Å². The van der Waals surface area contributed by atoms with Crippen molar-refractivity contribution in [2.45, 2.75) is 19.3 Å². The summed E-state index contributed by atoms with van der Waals surface area (Å²) in [7, 11) is 0. The van der Waals surface area contributed by atoms with Crippen LogP contribution in [0.3, 0.4) is 0 Å². The van der Waals surface area contributed by atoms with E-state index in [0.717, 1.165) is 22.1 Å². The van der Waals surface area contributed by atoms with E-state index in [9.17, 15) is 0 Å². The summed E-state index contributed by atoms with van der Waals surface area (Å²) in [6.07, 6.45) is 3.49. The SMILES string of the molecule is CC1(C)c2cc(-c3nc(-c4ccccn4)nc(-c4ccccn4)n3)ccc2-c2c1ccc1oc3ccccc3c21. The van der Waals surface area contributed by atoms with Gasteiger partial charge in [-0.25, -0.2) is 15.0 Å². The Bertz CT molecular complexity index is 2020. The molecule has 0 N–H and O–H groups in total. The van der Waals surface area contributed by atoms with Gasteiger partial charge < -0.3 is 4.42 Å². The Hall–Kier alpha value is -5.23. The number of hydrogen-bond donors (Lipinski definition) is 0. The van der Waals surface area contributed by atoms with Crippen molar-refractivity contribution in [3.63, 3.8) is 0 Å². The molecule has 190 valence electrons. The highest BCUT2D eigenvalue weighted by molar-refractivity contribution is 6.15. The maximum Gasteiger partial charge on any atom is 0.182 e. The highest BCUT2D eigenvalue weighted by Gasteiger charge is 2.37. The summed E-state index contributed by atoms with van der Waals surface area (Å²) < 4.78 is 6.23. The molecule has 40 heavy (non-hydrogen) atoms. The summed E-state index contributed by atoms with van der Waals surface area (Å²) in [6, 6.07) is 30.5. The highest BCUT2D eigenvalue weighted by atomic mass is 16.3. The van der Waals surface area contributed by atoms with E-state index in [1.807, 2.05) is 48.5 Å². The fourth-order valence-corrected chi connectivity index (χ4v) is 5.90. The molecule has 0 atom stereocenters. The highest BCUT2D eigenvalue weighted by Crippen LogP contribution is 2.53. The molecule has 3 aromatic carbocycles. The Morgan fingerprint density at radius 3 is 1.98 bits per heavy atom. The fraction of sp³-hybridized carbons (Fsp3) is 0.0882.